The number of hydrogen-bond donors (Lipinski definition) is 1. The van der Waals surface area contributed by atoms with Crippen molar-refractivity contribution in [3.05, 3.63) is 29.6 Å². The Labute approximate surface area is 81.7 Å². The van der Waals surface area contributed by atoms with Gasteiger partial charge in [-0.2, -0.15) is 0 Å². The van der Waals surface area contributed by atoms with Crippen molar-refractivity contribution in [3.8, 4) is 0 Å². The van der Waals surface area contributed by atoms with E-state index in [-0.39, 0.29) is 4.90 Å². The van der Waals surface area contributed by atoms with Crippen LogP contribution >= 0.6 is 0 Å². The SMILES string of the molecule is CC1C(N)c2cc(F)ccc2S1(=O)=O. The first-order valence-electron chi connectivity index (χ1n) is 4.23. The largest absolute Gasteiger partial charge is 0.323 e. The highest BCUT2D eigenvalue weighted by atomic mass is 32.2. The number of halogens is 1. The van der Waals surface area contributed by atoms with Gasteiger partial charge in [-0.15, -0.1) is 0 Å². The summed E-state index contributed by atoms with van der Waals surface area (Å²) in [5, 5.41) is -0.667. The minimum Gasteiger partial charge on any atom is -0.323 e. The molecule has 0 aromatic heterocycles. The Morgan fingerprint density at radius 3 is 2.71 bits per heavy atom. The number of fused-ring (bicyclic) bond motifs is 1. The first-order chi connectivity index (χ1) is 6.44. The van der Waals surface area contributed by atoms with Crippen molar-refractivity contribution in [1.82, 2.24) is 0 Å². The molecular weight excluding hydrogens is 205 g/mol. The minimum atomic E-state index is -3.34. The number of sulfone groups is 1. The molecule has 2 unspecified atom stereocenters. The van der Waals surface area contributed by atoms with Gasteiger partial charge in [-0.1, -0.05) is 0 Å². The molecule has 0 radical (unpaired) electrons. The van der Waals surface area contributed by atoms with Crippen LogP contribution in [0.1, 0.15) is 18.5 Å². The molecule has 2 atom stereocenters. The summed E-state index contributed by atoms with van der Waals surface area (Å²) in [5.74, 6) is -0.455. The summed E-state index contributed by atoms with van der Waals surface area (Å²) in [6, 6.07) is 3.00. The van der Waals surface area contributed by atoms with Gasteiger partial charge in [0.05, 0.1) is 10.1 Å². The van der Waals surface area contributed by atoms with Crippen LogP contribution in [0.4, 0.5) is 4.39 Å². The quantitative estimate of drug-likeness (QED) is 0.657. The smallest absolute Gasteiger partial charge is 0.183 e. The van der Waals surface area contributed by atoms with Gasteiger partial charge >= 0.3 is 0 Å². The summed E-state index contributed by atoms with van der Waals surface area (Å²) >= 11 is 0. The first-order valence-corrected chi connectivity index (χ1v) is 5.78. The van der Waals surface area contributed by atoms with E-state index in [4.69, 9.17) is 5.73 Å². The third-order valence-electron chi connectivity index (χ3n) is 2.63. The second kappa shape index (κ2) is 2.77. The lowest BCUT2D eigenvalue weighted by molar-refractivity contribution is 0.580. The first kappa shape index (κ1) is 9.61. The highest BCUT2D eigenvalue weighted by molar-refractivity contribution is 7.92. The van der Waals surface area contributed by atoms with Crippen LogP contribution in [0, 0.1) is 5.82 Å². The van der Waals surface area contributed by atoms with Crippen molar-refractivity contribution < 1.29 is 12.8 Å². The van der Waals surface area contributed by atoms with E-state index in [1.165, 1.54) is 19.1 Å². The van der Waals surface area contributed by atoms with Crippen molar-refractivity contribution >= 4 is 9.84 Å². The Morgan fingerprint density at radius 2 is 2.07 bits per heavy atom. The zero-order valence-corrected chi connectivity index (χ0v) is 8.38. The van der Waals surface area contributed by atoms with Gasteiger partial charge in [0.25, 0.3) is 0 Å². The lowest BCUT2D eigenvalue weighted by Gasteiger charge is -2.07. The van der Waals surface area contributed by atoms with Crippen molar-refractivity contribution in [3.63, 3.8) is 0 Å². The molecule has 0 fully saturated rings. The molecule has 5 heteroatoms. The number of nitrogens with two attached hydrogens (primary N) is 1. The molecule has 0 amide bonds. The maximum atomic E-state index is 12.9. The molecule has 0 aliphatic carbocycles. The van der Waals surface area contributed by atoms with Crippen LogP contribution in [-0.4, -0.2) is 13.7 Å². The van der Waals surface area contributed by atoms with Gasteiger partial charge in [0, 0.05) is 6.04 Å². The molecule has 0 spiro atoms. The van der Waals surface area contributed by atoms with Crippen molar-refractivity contribution in [2.75, 3.05) is 0 Å². The minimum absolute atomic E-state index is 0.166. The topological polar surface area (TPSA) is 60.2 Å². The summed E-state index contributed by atoms with van der Waals surface area (Å²) in [6.07, 6.45) is 0. The average molecular weight is 215 g/mol. The summed E-state index contributed by atoms with van der Waals surface area (Å²) < 4.78 is 36.3. The molecule has 14 heavy (non-hydrogen) atoms. The molecule has 1 heterocycles. The van der Waals surface area contributed by atoms with Gasteiger partial charge in [-0.05, 0) is 30.7 Å². The second-order valence-corrected chi connectivity index (χ2v) is 5.73. The van der Waals surface area contributed by atoms with E-state index in [0.29, 0.717) is 5.56 Å². The number of benzene rings is 1. The number of rotatable bonds is 0. The molecule has 1 aliphatic heterocycles. The highest BCUT2D eigenvalue weighted by Gasteiger charge is 2.40. The normalized spacial score (nSPS) is 28.8. The maximum Gasteiger partial charge on any atom is 0.183 e. The van der Waals surface area contributed by atoms with Gasteiger partial charge < -0.3 is 5.73 Å². The summed E-state index contributed by atoms with van der Waals surface area (Å²) in [6.45, 7) is 1.54. The zero-order chi connectivity index (χ0) is 10.5. The Balaban J connectivity index is 2.75. The predicted molar refractivity (Wildman–Crippen MR) is 50.0 cm³/mol. The number of hydrogen-bond acceptors (Lipinski definition) is 3. The van der Waals surface area contributed by atoms with E-state index in [0.717, 1.165) is 6.07 Å². The molecule has 0 saturated heterocycles. The van der Waals surface area contributed by atoms with Crippen LogP contribution < -0.4 is 5.73 Å². The Morgan fingerprint density at radius 1 is 1.43 bits per heavy atom. The van der Waals surface area contributed by atoms with E-state index in [1.54, 1.807) is 0 Å². The molecule has 1 aromatic carbocycles. The van der Waals surface area contributed by atoms with Crippen LogP contribution in [0.15, 0.2) is 23.1 Å². The van der Waals surface area contributed by atoms with Crippen LogP contribution in [0.2, 0.25) is 0 Å². The van der Waals surface area contributed by atoms with Gasteiger partial charge in [-0.25, -0.2) is 12.8 Å². The molecule has 2 rings (SSSR count). The monoisotopic (exact) mass is 215 g/mol. The fraction of sp³-hybridized carbons (Fsp3) is 0.333. The van der Waals surface area contributed by atoms with Crippen molar-refractivity contribution in [2.24, 2.45) is 5.73 Å². The van der Waals surface area contributed by atoms with Gasteiger partial charge in [0.15, 0.2) is 9.84 Å². The zero-order valence-electron chi connectivity index (χ0n) is 7.57. The fourth-order valence-electron chi connectivity index (χ4n) is 1.69. The highest BCUT2D eigenvalue weighted by Crippen LogP contribution is 2.37. The molecule has 3 nitrogen and oxygen atoms in total. The Hall–Kier alpha value is -0.940. The van der Waals surface area contributed by atoms with Crippen LogP contribution in [0.25, 0.3) is 0 Å². The molecule has 1 aliphatic rings. The summed E-state index contributed by atoms with van der Waals surface area (Å²) in [4.78, 5) is 0.166. The third-order valence-corrected chi connectivity index (χ3v) is 4.89. The molecule has 1 aromatic rings. The standard InChI is InChI=1S/C9H10FNO2S/c1-5-9(11)7-4-6(10)2-3-8(7)14(5,12)13/h2-5,9H,11H2,1H3. The lowest BCUT2D eigenvalue weighted by atomic mass is 10.1. The van der Waals surface area contributed by atoms with Crippen LogP contribution in [0.5, 0.6) is 0 Å². The molecule has 0 bridgehead atoms. The van der Waals surface area contributed by atoms with E-state index in [1.807, 2.05) is 0 Å². The molecule has 76 valence electrons. The maximum absolute atomic E-state index is 12.9. The average Bonchev–Trinajstić information content (AvgIpc) is 2.28. The lowest BCUT2D eigenvalue weighted by Crippen LogP contribution is -2.23. The summed E-state index contributed by atoms with van der Waals surface area (Å²) in [7, 11) is -3.34. The molecule has 2 N–H and O–H groups in total. The summed E-state index contributed by atoms with van der Waals surface area (Å²) in [5.41, 5.74) is 6.08. The predicted octanol–water partition coefficient (Wildman–Crippen LogP) is 1.00. The fourth-order valence-corrected chi connectivity index (χ4v) is 3.40. The van der Waals surface area contributed by atoms with Crippen molar-refractivity contribution in [1.29, 1.82) is 0 Å². The van der Waals surface area contributed by atoms with Gasteiger partial charge in [0.2, 0.25) is 0 Å². The van der Waals surface area contributed by atoms with Crippen LogP contribution in [-0.2, 0) is 9.84 Å². The Bertz CT molecular complexity index is 484. The van der Waals surface area contributed by atoms with E-state index >= 15 is 0 Å². The van der Waals surface area contributed by atoms with Crippen molar-refractivity contribution in [2.45, 2.75) is 23.1 Å². The van der Waals surface area contributed by atoms with E-state index in [2.05, 4.69) is 0 Å². The Kier molecular flexibility index (Phi) is 1.90. The van der Waals surface area contributed by atoms with E-state index in [9.17, 15) is 12.8 Å². The van der Waals surface area contributed by atoms with E-state index < -0.39 is 26.9 Å². The van der Waals surface area contributed by atoms with Gasteiger partial charge in [0.1, 0.15) is 5.82 Å². The second-order valence-electron chi connectivity index (χ2n) is 3.46. The molecule has 0 saturated carbocycles. The van der Waals surface area contributed by atoms with Crippen LogP contribution in [0.3, 0.4) is 0 Å². The molecular formula is C9H10FNO2S. The third kappa shape index (κ3) is 1.09. The van der Waals surface area contributed by atoms with Gasteiger partial charge in [-0.3, -0.25) is 0 Å².